The maximum atomic E-state index is 15.1. The lowest BCUT2D eigenvalue weighted by Gasteiger charge is -2.31. The Kier molecular flexibility index (Phi) is 6.18. The van der Waals surface area contributed by atoms with Gasteiger partial charge in [0.05, 0.1) is 18.6 Å². The SMILES string of the molecule is COc1ccc(F)c(-c2ccc(COc3ccc4c(c3)C3(CC4)CC3C(=O)O)cc2C2(OC)CCCC2)c1. The molecule has 0 saturated heterocycles. The van der Waals surface area contributed by atoms with Crippen molar-refractivity contribution in [2.45, 2.75) is 62.6 Å². The molecule has 2 atom stereocenters. The molecule has 0 radical (unpaired) electrons. The van der Waals surface area contributed by atoms with E-state index in [1.54, 1.807) is 26.4 Å². The molecule has 3 aliphatic carbocycles. The molecule has 3 aromatic rings. The number of halogens is 1. The largest absolute Gasteiger partial charge is 0.497 e. The number of fused-ring (bicyclic) bond motifs is 2. The van der Waals surface area contributed by atoms with E-state index in [0.717, 1.165) is 66.5 Å². The van der Waals surface area contributed by atoms with Gasteiger partial charge in [-0.15, -0.1) is 0 Å². The number of methoxy groups -OCH3 is 2. The van der Waals surface area contributed by atoms with Crippen LogP contribution in [-0.4, -0.2) is 25.3 Å². The zero-order valence-electron chi connectivity index (χ0n) is 21.9. The molecule has 6 heteroatoms. The van der Waals surface area contributed by atoms with E-state index in [0.29, 0.717) is 24.3 Å². The third-order valence-electron chi connectivity index (χ3n) is 9.08. The Morgan fingerprint density at radius 3 is 2.45 bits per heavy atom. The fourth-order valence-electron chi connectivity index (χ4n) is 6.85. The maximum absolute atomic E-state index is 15.1. The van der Waals surface area contributed by atoms with E-state index in [4.69, 9.17) is 14.2 Å². The quantitative estimate of drug-likeness (QED) is 0.357. The molecular formula is C32H33FO5. The number of rotatable bonds is 8. The summed E-state index contributed by atoms with van der Waals surface area (Å²) < 4.78 is 32.8. The zero-order valence-corrected chi connectivity index (χ0v) is 21.9. The Morgan fingerprint density at radius 2 is 1.74 bits per heavy atom. The minimum Gasteiger partial charge on any atom is -0.497 e. The van der Waals surface area contributed by atoms with Gasteiger partial charge >= 0.3 is 5.97 Å². The molecule has 6 rings (SSSR count). The molecule has 0 heterocycles. The van der Waals surface area contributed by atoms with Gasteiger partial charge < -0.3 is 19.3 Å². The van der Waals surface area contributed by atoms with Crippen molar-refractivity contribution in [2.75, 3.05) is 14.2 Å². The number of hydrogen-bond donors (Lipinski definition) is 1. The summed E-state index contributed by atoms with van der Waals surface area (Å²) in [7, 11) is 3.32. The molecule has 198 valence electrons. The molecule has 0 bridgehead atoms. The van der Waals surface area contributed by atoms with Gasteiger partial charge in [-0.1, -0.05) is 31.0 Å². The first-order valence-electron chi connectivity index (χ1n) is 13.4. The number of benzene rings is 3. The first kappa shape index (κ1) is 24.9. The van der Waals surface area contributed by atoms with Crippen LogP contribution < -0.4 is 9.47 Å². The highest BCUT2D eigenvalue weighted by molar-refractivity contribution is 5.78. The summed E-state index contributed by atoms with van der Waals surface area (Å²) in [5, 5.41) is 9.56. The van der Waals surface area contributed by atoms with E-state index in [1.807, 2.05) is 24.3 Å². The number of aliphatic carboxylic acids is 1. The molecule has 1 N–H and O–H groups in total. The van der Waals surface area contributed by atoms with E-state index >= 15 is 4.39 Å². The van der Waals surface area contributed by atoms with Gasteiger partial charge in [0.25, 0.3) is 0 Å². The Bertz CT molecular complexity index is 1390. The van der Waals surface area contributed by atoms with Gasteiger partial charge in [-0.2, -0.15) is 0 Å². The van der Waals surface area contributed by atoms with Gasteiger partial charge in [0.2, 0.25) is 0 Å². The van der Waals surface area contributed by atoms with Crippen molar-refractivity contribution < 1.29 is 28.5 Å². The number of hydrogen-bond acceptors (Lipinski definition) is 4. The first-order valence-corrected chi connectivity index (χ1v) is 13.4. The smallest absolute Gasteiger partial charge is 0.307 e. The highest BCUT2D eigenvalue weighted by Gasteiger charge is 2.61. The van der Waals surface area contributed by atoms with Gasteiger partial charge in [0.1, 0.15) is 23.9 Å². The van der Waals surface area contributed by atoms with E-state index in [1.165, 1.54) is 11.6 Å². The van der Waals surface area contributed by atoms with E-state index < -0.39 is 11.6 Å². The summed E-state index contributed by atoms with van der Waals surface area (Å²) in [4.78, 5) is 11.6. The minimum absolute atomic E-state index is 0.219. The van der Waals surface area contributed by atoms with Crippen molar-refractivity contribution in [2.24, 2.45) is 5.92 Å². The molecular weight excluding hydrogens is 483 g/mol. The summed E-state index contributed by atoms with van der Waals surface area (Å²) in [6.07, 6.45) is 6.40. The predicted molar refractivity (Wildman–Crippen MR) is 142 cm³/mol. The van der Waals surface area contributed by atoms with Crippen LogP contribution in [0.5, 0.6) is 11.5 Å². The number of carbonyl (C=O) groups is 1. The highest BCUT2D eigenvalue weighted by atomic mass is 19.1. The normalized spacial score (nSPS) is 22.9. The average molecular weight is 517 g/mol. The third-order valence-corrected chi connectivity index (χ3v) is 9.08. The van der Waals surface area contributed by atoms with Crippen LogP contribution in [0.2, 0.25) is 0 Å². The van der Waals surface area contributed by atoms with E-state index in [9.17, 15) is 9.90 Å². The van der Waals surface area contributed by atoms with Crippen LogP contribution in [0.15, 0.2) is 54.6 Å². The van der Waals surface area contributed by atoms with Crippen LogP contribution in [-0.2, 0) is 33.6 Å². The van der Waals surface area contributed by atoms with Crippen molar-refractivity contribution in [3.63, 3.8) is 0 Å². The van der Waals surface area contributed by atoms with Gasteiger partial charge in [-0.05, 0) is 96.3 Å². The maximum Gasteiger partial charge on any atom is 0.307 e. The van der Waals surface area contributed by atoms with Crippen LogP contribution in [0, 0.1) is 11.7 Å². The summed E-state index contributed by atoms with van der Waals surface area (Å²) in [6.45, 7) is 0.349. The Morgan fingerprint density at radius 1 is 0.947 bits per heavy atom. The zero-order chi connectivity index (χ0) is 26.5. The number of ether oxygens (including phenoxy) is 3. The average Bonchev–Trinajstić information content (AvgIpc) is 3.29. The molecule has 2 unspecified atom stereocenters. The lowest BCUT2D eigenvalue weighted by Crippen LogP contribution is -2.25. The van der Waals surface area contributed by atoms with E-state index in [2.05, 4.69) is 12.1 Å². The van der Waals surface area contributed by atoms with Crippen LogP contribution in [0.3, 0.4) is 0 Å². The van der Waals surface area contributed by atoms with Gasteiger partial charge in [0, 0.05) is 18.1 Å². The van der Waals surface area contributed by atoms with Crippen LogP contribution in [0.1, 0.15) is 60.8 Å². The van der Waals surface area contributed by atoms with Gasteiger partial charge in [-0.25, -0.2) is 4.39 Å². The molecule has 38 heavy (non-hydrogen) atoms. The second-order valence-electron chi connectivity index (χ2n) is 11.0. The summed E-state index contributed by atoms with van der Waals surface area (Å²) in [6, 6.07) is 16.9. The molecule has 2 saturated carbocycles. The lowest BCUT2D eigenvalue weighted by molar-refractivity contribution is -0.139. The second kappa shape index (κ2) is 9.42. The van der Waals surface area contributed by atoms with Crippen molar-refractivity contribution in [1.29, 1.82) is 0 Å². The third kappa shape index (κ3) is 4.06. The van der Waals surface area contributed by atoms with Crippen LogP contribution in [0.25, 0.3) is 11.1 Å². The Balaban J connectivity index is 1.31. The number of carboxylic acid groups (broad SMARTS) is 1. The summed E-state index contributed by atoms with van der Waals surface area (Å²) >= 11 is 0. The molecule has 1 spiro atoms. The van der Waals surface area contributed by atoms with Crippen LogP contribution >= 0.6 is 0 Å². The minimum atomic E-state index is -0.705. The van der Waals surface area contributed by atoms with Crippen molar-refractivity contribution >= 4 is 5.97 Å². The summed E-state index contributed by atoms with van der Waals surface area (Å²) in [5.74, 6) is 0.0544. The van der Waals surface area contributed by atoms with Gasteiger partial charge in [0.15, 0.2) is 0 Å². The Hall–Kier alpha value is -3.38. The van der Waals surface area contributed by atoms with Crippen molar-refractivity contribution in [3.05, 3.63) is 82.7 Å². The van der Waals surface area contributed by atoms with Crippen molar-refractivity contribution in [3.8, 4) is 22.6 Å². The fourth-order valence-corrected chi connectivity index (χ4v) is 6.85. The number of carboxylic acids is 1. The summed E-state index contributed by atoms with van der Waals surface area (Å²) in [5.41, 5.74) is 4.93. The van der Waals surface area contributed by atoms with E-state index in [-0.39, 0.29) is 17.2 Å². The highest BCUT2D eigenvalue weighted by Crippen LogP contribution is 2.62. The first-order chi connectivity index (χ1) is 18.4. The van der Waals surface area contributed by atoms with Crippen LogP contribution in [0.4, 0.5) is 4.39 Å². The molecule has 0 amide bonds. The second-order valence-corrected chi connectivity index (χ2v) is 11.0. The lowest BCUT2D eigenvalue weighted by atomic mass is 9.84. The molecule has 0 aromatic heterocycles. The topological polar surface area (TPSA) is 65.0 Å². The predicted octanol–water partition coefficient (Wildman–Crippen LogP) is 6.78. The van der Waals surface area contributed by atoms with Crippen molar-refractivity contribution in [1.82, 2.24) is 0 Å². The number of aryl methyl sites for hydroxylation is 1. The standard InChI is InChI=1S/C32H33FO5/c1-36-22-8-10-29(33)25(16-22)24-9-5-20(15-27(24)32(37-2)12-3-4-13-32)19-38-23-7-6-21-11-14-31(26(21)17-23)18-28(31)30(34)35/h5-10,15-17,28H,3-4,11-14,18-19H2,1-2H3,(H,34,35). The Labute approximate surface area is 222 Å². The molecule has 0 aliphatic heterocycles. The molecule has 2 fully saturated rings. The molecule has 3 aliphatic rings. The molecule has 3 aromatic carbocycles. The monoisotopic (exact) mass is 516 g/mol. The fraction of sp³-hybridized carbons (Fsp3) is 0.406. The molecule has 5 nitrogen and oxygen atoms in total. The van der Waals surface area contributed by atoms with Gasteiger partial charge in [-0.3, -0.25) is 4.79 Å².